The summed E-state index contributed by atoms with van der Waals surface area (Å²) in [7, 11) is 0. The van der Waals surface area contributed by atoms with Crippen LogP contribution < -0.4 is 16.2 Å². The van der Waals surface area contributed by atoms with Crippen molar-refractivity contribution >= 4 is 17.3 Å². The van der Waals surface area contributed by atoms with E-state index in [4.69, 9.17) is 5.84 Å². The summed E-state index contributed by atoms with van der Waals surface area (Å²) < 4.78 is 1.96. The summed E-state index contributed by atoms with van der Waals surface area (Å²) in [5, 5.41) is 0. The summed E-state index contributed by atoms with van der Waals surface area (Å²) in [6.07, 6.45) is 6.74. The molecule has 3 rings (SSSR count). The number of hydrazine groups is 1. The maximum absolute atomic E-state index is 5.51. The molecule has 0 radical (unpaired) electrons. The summed E-state index contributed by atoms with van der Waals surface area (Å²) in [5.41, 5.74) is 3.51. The van der Waals surface area contributed by atoms with E-state index in [0.29, 0.717) is 11.9 Å². The van der Waals surface area contributed by atoms with Gasteiger partial charge in [-0.25, -0.2) is 15.8 Å². The van der Waals surface area contributed by atoms with Crippen LogP contribution in [0.5, 0.6) is 0 Å². The Morgan fingerprint density at radius 1 is 1.33 bits per heavy atom. The Morgan fingerprint density at radius 2 is 2.10 bits per heavy atom. The number of nitrogen functional groups attached to an aromatic ring is 1. The van der Waals surface area contributed by atoms with Gasteiger partial charge in [-0.2, -0.15) is 0 Å². The number of fused-ring (bicyclic) bond motifs is 1. The van der Waals surface area contributed by atoms with Crippen LogP contribution in [-0.2, 0) is 0 Å². The van der Waals surface area contributed by atoms with E-state index in [2.05, 4.69) is 39.0 Å². The highest BCUT2D eigenvalue weighted by Gasteiger charge is 2.23. The standard InChI is InChI=1S/C14H23N7/c1-3-11(2)19-6-8-20(9-7-19)14-13-16-4-5-21(13)10-12(17-14)18-15/h4-5,10-11,18H,3,6-9,15H2,1-2H3. The van der Waals surface area contributed by atoms with Crippen molar-refractivity contribution in [2.24, 2.45) is 5.84 Å². The number of aromatic nitrogens is 3. The fraction of sp³-hybridized carbons (Fsp3) is 0.571. The highest BCUT2D eigenvalue weighted by atomic mass is 15.3. The number of imidazole rings is 1. The predicted molar refractivity (Wildman–Crippen MR) is 84.3 cm³/mol. The van der Waals surface area contributed by atoms with Crippen molar-refractivity contribution in [3.05, 3.63) is 18.6 Å². The third-order valence-electron chi connectivity index (χ3n) is 4.33. The van der Waals surface area contributed by atoms with Gasteiger partial charge in [0.25, 0.3) is 0 Å². The van der Waals surface area contributed by atoms with Crippen LogP contribution in [-0.4, -0.2) is 51.5 Å². The second kappa shape index (κ2) is 5.87. The van der Waals surface area contributed by atoms with Crippen molar-refractivity contribution in [2.45, 2.75) is 26.3 Å². The smallest absolute Gasteiger partial charge is 0.180 e. The van der Waals surface area contributed by atoms with Gasteiger partial charge in [-0.3, -0.25) is 4.90 Å². The van der Waals surface area contributed by atoms with Gasteiger partial charge in [-0.05, 0) is 13.3 Å². The van der Waals surface area contributed by atoms with Gasteiger partial charge < -0.3 is 14.7 Å². The molecule has 21 heavy (non-hydrogen) atoms. The summed E-state index contributed by atoms with van der Waals surface area (Å²) in [5.74, 6) is 7.07. The van der Waals surface area contributed by atoms with Gasteiger partial charge in [0.15, 0.2) is 17.3 Å². The van der Waals surface area contributed by atoms with E-state index in [1.54, 1.807) is 6.20 Å². The minimum absolute atomic E-state index is 0.642. The van der Waals surface area contributed by atoms with Crippen LogP contribution in [0.25, 0.3) is 5.65 Å². The molecule has 1 aliphatic heterocycles. The molecule has 3 N–H and O–H groups in total. The van der Waals surface area contributed by atoms with E-state index in [9.17, 15) is 0 Å². The molecule has 0 saturated carbocycles. The average molecular weight is 289 g/mol. The van der Waals surface area contributed by atoms with Crippen molar-refractivity contribution in [3.63, 3.8) is 0 Å². The summed E-state index contributed by atoms with van der Waals surface area (Å²) in [6.45, 7) is 8.58. The molecule has 1 unspecified atom stereocenters. The number of anilines is 2. The van der Waals surface area contributed by atoms with E-state index in [1.807, 2.05) is 16.8 Å². The molecule has 2 aromatic rings. The van der Waals surface area contributed by atoms with Gasteiger partial charge in [0, 0.05) is 44.6 Å². The predicted octanol–water partition coefficient (Wildman–Crippen LogP) is 0.935. The summed E-state index contributed by atoms with van der Waals surface area (Å²) in [4.78, 5) is 13.8. The van der Waals surface area contributed by atoms with Crippen LogP contribution in [0, 0.1) is 0 Å². The summed E-state index contributed by atoms with van der Waals surface area (Å²) in [6, 6.07) is 0.642. The Labute approximate surface area is 124 Å². The molecule has 114 valence electrons. The minimum atomic E-state index is 0.642. The van der Waals surface area contributed by atoms with E-state index >= 15 is 0 Å². The Morgan fingerprint density at radius 3 is 2.76 bits per heavy atom. The minimum Gasteiger partial charge on any atom is -0.351 e. The van der Waals surface area contributed by atoms with Crippen molar-refractivity contribution in [1.82, 2.24) is 19.3 Å². The molecule has 0 spiro atoms. The zero-order valence-corrected chi connectivity index (χ0v) is 12.7. The van der Waals surface area contributed by atoms with Crippen LogP contribution in [0.15, 0.2) is 18.6 Å². The highest BCUT2D eigenvalue weighted by molar-refractivity contribution is 5.66. The normalized spacial score (nSPS) is 18.1. The number of hydrogen-bond donors (Lipinski definition) is 2. The fourth-order valence-corrected chi connectivity index (χ4v) is 2.83. The molecular formula is C14H23N7. The SMILES string of the molecule is CCC(C)N1CCN(c2nc(NN)cn3ccnc23)CC1. The Bertz CT molecular complexity index is 600. The lowest BCUT2D eigenvalue weighted by Gasteiger charge is -2.38. The molecule has 0 aliphatic carbocycles. The van der Waals surface area contributed by atoms with Gasteiger partial charge >= 0.3 is 0 Å². The Balaban J connectivity index is 1.83. The molecule has 0 aromatic carbocycles. The first-order valence-electron chi connectivity index (χ1n) is 7.52. The van der Waals surface area contributed by atoms with Crippen molar-refractivity contribution in [3.8, 4) is 0 Å². The van der Waals surface area contributed by atoms with Crippen molar-refractivity contribution in [2.75, 3.05) is 36.5 Å². The number of hydrogen-bond acceptors (Lipinski definition) is 6. The van der Waals surface area contributed by atoms with Gasteiger partial charge in [-0.1, -0.05) is 6.92 Å². The quantitative estimate of drug-likeness (QED) is 0.644. The topological polar surface area (TPSA) is 74.7 Å². The number of nitrogens with two attached hydrogens (primary N) is 1. The van der Waals surface area contributed by atoms with Gasteiger partial charge in [0.05, 0.1) is 6.20 Å². The molecule has 1 saturated heterocycles. The van der Waals surface area contributed by atoms with Crippen molar-refractivity contribution < 1.29 is 0 Å². The third-order valence-corrected chi connectivity index (χ3v) is 4.33. The van der Waals surface area contributed by atoms with E-state index in [-0.39, 0.29) is 0 Å². The molecule has 0 amide bonds. The van der Waals surface area contributed by atoms with Gasteiger partial charge in [0.2, 0.25) is 0 Å². The number of rotatable bonds is 4. The van der Waals surface area contributed by atoms with Gasteiger partial charge in [-0.15, -0.1) is 0 Å². The molecule has 0 bridgehead atoms. The monoisotopic (exact) mass is 289 g/mol. The molecule has 1 aliphatic rings. The fourth-order valence-electron chi connectivity index (χ4n) is 2.83. The van der Waals surface area contributed by atoms with Gasteiger partial charge in [0.1, 0.15) is 0 Å². The highest BCUT2D eigenvalue weighted by Crippen LogP contribution is 2.22. The number of piperazine rings is 1. The van der Waals surface area contributed by atoms with E-state index < -0.39 is 0 Å². The van der Waals surface area contributed by atoms with Crippen LogP contribution in [0.3, 0.4) is 0 Å². The van der Waals surface area contributed by atoms with Crippen molar-refractivity contribution in [1.29, 1.82) is 0 Å². The molecule has 1 atom stereocenters. The van der Waals surface area contributed by atoms with Crippen LogP contribution in [0.2, 0.25) is 0 Å². The van der Waals surface area contributed by atoms with Crippen LogP contribution in [0.4, 0.5) is 11.6 Å². The first kappa shape index (κ1) is 14.1. The zero-order chi connectivity index (χ0) is 14.8. The molecule has 7 nitrogen and oxygen atoms in total. The van der Waals surface area contributed by atoms with Crippen LogP contribution in [0.1, 0.15) is 20.3 Å². The first-order chi connectivity index (χ1) is 10.2. The van der Waals surface area contributed by atoms with Crippen LogP contribution >= 0.6 is 0 Å². The first-order valence-corrected chi connectivity index (χ1v) is 7.52. The maximum Gasteiger partial charge on any atom is 0.180 e. The lowest BCUT2D eigenvalue weighted by atomic mass is 10.2. The third kappa shape index (κ3) is 2.66. The number of nitrogens with zero attached hydrogens (tertiary/aromatic N) is 5. The second-order valence-corrected chi connectivity index (χ2v) is 5.53. The molecular weight excluding hydrogens is 266 g/mol. The Kier molecular flexibility index (Phi) is 3.94. The number of nitrogens with one attached hydrogen (secondary N) is 1. The second-order valence-electron chi connectivity index (χ2n) is 5.53. The zero-order valence-electron chi connectivity index (χ0n) is 12.7. The molecule has 2 aromatic heterocycles. The molecule has 3 heterocycles. The molecule has 1 fully saturated rings. The largest absolute Gasteiger partial charge is 0.351 e. The lowest BCUT2D eigenvalue weighted by molar-refractivity contribution is 0.192. The average Bonchev–Trinajstić information content (AvgIpc) is 3.01. The van der Waals surface area contributed by atoms with E-state index in [0.717, 1.165) is 37.6 Å². The Hall–Kier alpha value is -1.86. The van der Waals surface area contributed by atoms with E-state index in [1.165, 1.54) is 6.42 Å². The molecule has 7 heteroatoms. The maximum atomic E-state index is 5.51. The summed E-state index contributed by atoms with van der Waals surface area (Å²) >= 11 is 0. The lowest BCUT2D eigenvalue weighted by Crippen LogP contribution is -2.49.